The molecule has 0 spiro atoms. The van der Waals surface area contributed by atoms with Crippen molar-refractivity contribution in [2.45, 2.75) is 25.9 Å². The molecular formula is C12H18N2OS. The van der Waals surface area contributed by atoms with Gasteiger partial charge in [0, 0.05) is 37.2 Å². The second-order valence-electron chi connectivity index (χ2n) is 4.13. The molecule has 0 saturated heterocycles. The maximum atomic E-state index is 12.0. The molecule has 0 N–H and O–H groups in total. The first-order chi connectivity index (χ1) is 7.74. The van der Waals surface area contributed by atoms with Crippen LogP contribution < -0.4 is 0 Å². The fourth-order valence-corrected chi connectivity index (χ4v) is 2.63. The standard InChI is InChI=1S/C12H18N2OS/c1-10-11-4-3-6-13(11)7-8-14(10)12(15)5-9-16-2/h3-4,6,10H,5,7-9H2,1-2H3. The van der Waals surface area contributed by atoms with E-state index in [0.29, 0.717) is 6.42 Å². The minimum absolute atomic E-state index is 0.220. The van der Waals surface area contributed by atoms with Crippen molar-refractivity contribution in [3.8, 4) is 0 Å². The van der Waals surface area contributed by atoms with Crippen molar-refractivity contribution in [3.05, 3.63) is 24.0 Å². The number of carbonyl (C=O) groups is 1. The number of hydrogen-bond acceptors (Lipinski definition) is 2. The summed E-state index contributed by atoms with van der Waals surface area (Å²) in [4.78, 5) is 14.0. The van der Waals surface area contributed by atoms with Gasteiger partial charge in [-0.15, -0.1) is 0 Å². The van der Waals surface area contributed by atoms with Crippen molar-refractivity contribution in [1.29, 1.82) is 0 Å². The Labute approximate surface area is 101 Å². The van der Waals surface area contributed by atoms with Crippen molar-refractivity contribution in [2.75, 3.05) is 18.6 Å². The topological polar surface area (TPSA) is 25.2 Å². The smallest absolute Gasteiger partial charge is 0.224 e. The van der Waals surface area contributed by atoms with Crippen molar-refractivity contribution < 1.29 is 4.79 Å². The van der Waals surface area contributed by atoms with Crippen LogP contribution in [0.3, 0.4) is 0 Å². The van der Waals surface area contributed by atoms with E-state index in [9.17, 15) is 4.79 Å². The second kappa shape index (κ2) is 4.95. The van der Waals surface area contributed by atoms with E-state index in [2.05, 4.69) is 29.8 Å². The maximum absolute atomic E-state index is 12.0. The average molecular weight is 238 g/mol. The van der Waals surface area contributed by atoms with Crippen molar-refractivity contribution >= 4 is 17.7 Å². The summed E-state index contributed by atoms with van der Waals surface area (Å²) in [5, 5.41) is 0. The average Bonchev–Trinajstić information content (AvgIpc) is 2.75. The molecule has 1 aromatic heterocycles. The van der Waals surface area contributed by atoms with Gasteiger partial charge in [-0.3, -0.25) is 4.79 Å². The van der Waals surface area contributed by atoms with Gasteiger partial charge in [0.25, 0.3) is 0 Å². The Morgan fingerprint density at radius 1 is 1.56 bits per heavy atom. The van der Waals surface area contributed by atoms with Crippen LogP contribution >= 0.6 is 11.8 Å². The zero-order valence-electron chi connectivity index (χ0n) is 9.85. The van der Waals surface area contributed by atoms with E-state index in [0.717, 1.165) is 18.8 Å². The van der Waals surface area contributed by atoms with E-state index < -0.39 is 0 Å². The van der Waals surface area contributed by atoms with Crippen LogP contribution in [0.25, 0.3) is 0 Å². The second-order valence-corrected chi connectivity index (χ2v) is 5.12. The van der Waals surface area contributed by atoms with Crippen LogP contribution in [0.5, 0.6) is 0 Å². The van der Waals surface area contributed by atoms with Crippen LogP contribution in [0.1, 0.15) is 25.1 Å². The maximum Gasteiger partial charge on any atom is 0.224 e. The van der Waals surface area contributed by atoms with Gasteiger partial charge in [-0.25, -0.2) is 0 Å². The molecule has 1 aliphatic heterocycles. The highest BCUT2D eigenvalue weighted by Gasteiger charge is 2.26. The zero-order chi connectivity index (χ0) is 11.5. The fraction of sp³-hybridized carbons (Fsp3) is 0.583. The third-order valence-corrected chi connectivity index (χ3v) is 3.79. The molecule has 0 radical (unpaired) electrons. The van der Waals surface area contributed by atoms with Crippen LogP contribution in [0.4, 0.5) is 0 Å². The number of carbonyl (C=O) groups excluding carboxylic acids is 1. The van der Waals surface area contributed by atoms with Gasteiger partial charge in [-0.1, -0.05) is 0 Å². The number of nitrogens with zero attached hydrogens (tertiary/aromatic N) is 2. The highest BCUT2D eigenvalue weighted by atomic mass is 32.2. The molecule has 0 saturated carbocycles. The molecule has 2 rings (SSSR count). The number of hydrogen-bond donors (Lipinski definition) is 0. The largest absolute Gasteiger partial charge is 0.348 e. The number of fused-ring (bicyclic) bond motifs is 1. The lowest BCUT2D eigenvalue weighted by atomic mass is 10.1. The van der Waals surface area contributed by atoms with Gasteiger partial charge in [0.15, 0.2) is 0 Å². The molecule has 16 heavy (non-hydrogen) atoms. The van der Waals surface area contributed by atoms with E-state index in [1.165, 1.54) is 5.69 Å². The minimum Gasteiger partial charge on any atom is -0.348 e. The molecular weight excluding hydrogens is 220 g/mol. The van der Waals surface area contributed by atoms with Crippen LogP contribution in [-0.4, -0.2) is 33.9 Å². The van der Waals surface area contributed by atoms with Gasteiger partial charge in [0.05, 0.1) is 6.04 Å². The summed E-state index contributed by atoms with van der Waals surface area (Å²) in [6, 6.07) is 4.39. The summed E-state index contributed by atoms with van der Waals surface area (Å²) in [7, 11) is 0. The Balaban J connectivity index is 2.06. The lowest BCUT2D eigenvalue weighted by molar-refractivity contribution is -0.133. The lowest BCUT2D eigenvalue weighted by Crippen LogP contribution is -2.40. The highest BCUT2D eigenvalue weighted by molar-refractivity contribution is 7.98. The van der Waals surface area contributed by atoms with Crippen LogP contribution in [0.2, 0.25) is 0 Å². The predicted octanol–water partition coefficient (Wildman–Crippen LogP) is 2.14. The van der Waals surface area contributed by atoms with Crippen molar-refractivity contribution in [1.82, 2.24) is 9.47 Å². The Bertz CT molecular complexity index is 375. The quantitative estimate of drug-likeness (QED) is 0.806. The van der Waals surface area contributed by atoms with Gasteiger partial charge in [0.1, 0.15) is 0 Å². The van der Waals surface area contributed by atoms with Crippen molar-refractivity contribution in [3.63, 3.8) is 0 Å². The van der Waals surface area contributed by atoms with Crippen LogP contribution in [0.15, 0.2) is 18.3 Å². The summed E-state index contributed by atoms with van der Waals surface area (Å²) in [5.74, 6) is 1.21. The first kappa shape index (κ1) is 11.6. The van der Waals surface area contributed by atoms with Crippen LogP contribution in [0, 0.1) is 0 Å². The van der Waals surface area contributed by atoms with Gasteiger partial charge in [0.2, 0.25) is 5.91 Å². The highest BCUT2D eigenvalue weighted by Crippen LogP contribution is 2.25. The molecule has 1 aromatic rings. The van der Waals surface area contributed by atoms with Crippen LogP contribution in [-0.2, 0) is 11.3 Å². The first-order valence-corrected chi connectivity index (χ1v) is 7.07. The third-order valence-electron chi connectivity index (χ3n) is 3.18. The summed E-state index contributed by atoms with van der Waals surface area (Å²) in [6.07, 6.45) is 4.79. The number of aromatic nitrogens is 1. The lowest BCUT2D eigenvalue weighted by Gasteiger charge is -2.35. The number of amides is 1. The van der Waals surface area contributed by atoms with Crippen molar-refractivity contribution in [2.24, 2.45) is 0 Å². The minimum atomic E-state index is 0.220. The van der Waals surface area contributed by atoms with Gasteiger partial charge in [-0.05, 0) is 25.3 Å². The number of rotatable bonds is 3. The summed E-state index contributed by atoms with van der Waals surface area (Å²) in [6.45, 7) is 3.88. The van der Waals surface area contributed by atoms with E-state index in [1.807, 2.05) is 11.2 Å². The Morgan fingerprint density at radius 2 is 2.38 bits per heavy atom. The zero-order valence-corrected chi connectivity index (χ0v) is 10.7. The Hall–Kier alpha value is -0.900. The van der Waals surface area contributed by atoms with E-state index >= 15 is 0 Å². The molecule has 0 aliphatic carbocycles. The molecule has 1 aliphatic rings. The van der Waals surface area contributed by atoms with Gasteiger partial charge in [-0.2, -0.15) is 11.8 Å². The van der Waals surface area contributed by atoms with Gasteiger partial charge < -0.3 is 9.47 Å². The molecule has 1 unspecified atom stereocenters. The van der Waals surface area contributed by atoms with E-state index in [-0.39, 0.29) is 11.9 Å². The first-order valence-electron chi connectivity index (χ1n) is 5.67. The normalized spacial score (nSPS) is 19.6. The molecule has 0 fully saturated rings. The summed E-state index contributed by atoms with van der Waals surface area (Å²) >= 11 is 1.73. The Morgan fingerprint density at radius 3 is 3.12 bits per heavy atom. The monoisotopic (exact) mass is 238 g/mol. The SMILES string of the molecule is CSCCC(=O)N1CCn2cccc2C1C. The van der Waals surface area contributed by atoms with Gasteiger partial charge >= 0.3 is 0 Å². The Kier molecular flexibility index (Phi) is 3.59. The summed E-state index contributed by atoms with van der Waals surface area (Å²) in [5.41, 5.74) is 1.25. The summed E-state index contributed by atoms with van der Waals surface area (Å²) < 4.78 is 2.24. The molecule has 3 nitrogen and oxygen atoms in total. The molecule has 88 valence electrons. The molecule has 0 aromatic carbocycles. The fourth-order valence-electron chi connectivity index (χ4n) is 2.25. The molecule has 1 atom stereocenters. The molecule has 0 bridgehead atoms. The molecule has 4 heteroatoms. The predicted molar refractivity (Wildman–Crippen MR) is 67.6 cm³/mol. The number of thioether (sulfide) groups is 1. The molecule has 1 amide bonds. The van der Waals surface area contributed by atoms with E-state index in [4.69, 9.17) is 0 Å². The third kappa shape index (κ3) is 2.12. The van der Waals surface area contributed by atoms with E-state index in [1.54, 1.807) is 11.8 Å². The molecule has 2 heterocycles.